The summed E-state index contributed by atoms with van der Waals surface area (Å²) in [5.41, 5.74) is 0.486. The molecule has 0 bridgehead atoms. The zero-order chi connectivity index (χ0) is 14.7. The minimum absolute atomic E-state index is 0.0215. The van der Waals surface area contributed by atoms with Gasteiger partial charge in [-0.05, 0) is 25.1 Å². The number of hydrogen-bond donors (Lipinski definition) is 2. The molecule has 1 aromatic carbocycles. The summed E-state index contributed by atoms with van der Waals surface area (Å²) in [5.74, 6) is -1.16. The maximum Gasteiger partial charge on any atom is 0.335 e. The van der Waals surface area contributed by atoms with Crippen LogP contribution in [-0.2, 0) is 0 Å². The Morgan fingerprint density at radius 2 is 2.10 bits per heavy atom. The van der Waals surface area contributed by atoms with Gasteiger partial charge < -0.3 is 10.4 Å². The summed E-state index contributed by atoms with van der Waals surface area (Å²) in [5, 5.41) is 12.0. The fraction of sp³-hybridized carbons (Fsp3) is 0.143. The second-order valence-corrected chi connectivity index (χ2v) is 4.64. The van der Waals surface area contributed by atoms with E-state index >= 15 is 0 Å². The van der Waals surface area contributed by atoms with Gasteiger partial charge in [-0.3, -0.25) is 0 Å². The maximum absolute atomic E-state index is 13.6. The first-order chi connectivity index (χ1) is 9.47. The second kappa shape index (κ2) is 5.88. The van der Waals surface area contributed by atoms with Gasteiger partial charge in [0, 0.05) is 5.56 Å². The third-order valence-corrected chi connectivity index (χ3v) is 2.97. The van der Waals surface area contributed by atoms with Crippen LogP contribution in [0.2, 0.25) is 5.15 Å². The van der Waals surface area contributed by atoms with Gasteiger partial charge in [0.25, 0.3) is 0 Å². The van der Waals surface area contributed by atoms with Crippen molar-refractivity contribution in [3.63, 3.8) is 0 Å². The van der Waals surface area contributed by atoms with Gasteiger partial charge in [0.1, 0.15) is 16.8 Å². The summed E-state index contributed by atoms with van der Waals surface area (Å²) in [6.45, 7) is 1.75. The van der Waals surface area contributed by atoms with Crippen molar-refractivity contribution >= 4 is 23.4 Å². The quantitative estimate of drug-likeness (QED) is 0.843. The van der Waals surface area contributed by atoms with Crippen molar-refractivity contribution in [2.75, 3.05) is 5.32 Å². The predicted molar refractivity (Wildman–Crippen MR) is 74.6 cm³/mol. The Kier molecular flexibility index (Phi) is 4.20. The van der Waals surface area contributed by atoms with Crippen molar-refractivity contribution in [1.82, 2.24) is 4.98 Å². The van der Waals surface area contributed by atoms with Crippen LogP contribution in [0.15, 0.2) is 36.4 Å². The summed E-state index contributed by atoms with van der Waals surface area (Å²) in [6.07, 6.45) is 0. The van der Waals surface area contributed by atoms with E-state index in [-0.39, 0.29) is 28.4 Å². The maximum atomic E-state index is 13.6. The molecular formula is C14H12ClFN2O2. The highest BCUT2D eigenvalue weighted by molar-refractivity contribution is 6.29. The molecule has 0 aliphatic heterocycles. The van der Waals surface area contributed by atoms with Crippen LogP contribution in [-0.4, -0.2) is 16.1 Å². The number of nitrogens with zero attached hydrogens (tertiary/aromatic N) is 1. The third-order valence-electron chi connectivity index (χ3n) is 2.78. The summed E-state index contributed by atoms with van der Waals surface area (Å²) in [4.78, 5) is 14.9. The first kappa shape index (κ1) is 14.3. The molecule has 1 aromatic heterocycles. The molecule has 2 N–H and O–H groups in total. The lowest BCUT2D eigenvalue weighted by Crippen LogP contribution is -2.10. The number of halogens is 2. The number of benzene rings is 1. The Hall–Kier alpha value is -2.14. The Morgan fingerprint density at radius 1 is 1.40 bits per heavy atom. The number of pyridine rings is 1. The van der Waals surface area contributed by atoms with Gasteiger partial charge in [0.15, 0.2) is 0 Å². The topological polar surface area (TPSA) is 62.2 Å². The summed E-state index contributed by atoms with van der Waals surface area (Å²) in [7, 11) is 0. The number of anilines is 1. The van der Waals surface area contributed by atoms with E-state index in [2.05, 4.69) is 10.3 Å². The smallest absolute Gasteiger partial charge is 0.335 e. The zero-order valence-corrected chi connectivity index (χ0v) is 11.4. The minimum Gasteiger partial charge on any atom is -0.478 e. The molecule has 4 nitrogen and oxygen atoms in total. The molecule has 0 fully saturated rings. The molecule has 104 valence electrons. The summed E-state index contributed by atoms with van der Waals surface area (Å²) >= 11 is 5.77. The van der Waals surface area contributed by atoms with E-state index in [1.807, 2.05) is 0 Å². The minimum atomic E-state index is -1.10. The van der Waals surface area contributed by atoms with Gasteiger partial charge in [0.05, 0.1) is 11.6 Å². The van der Waals surface area contributed by atoms with E-state index in [0.717, 1.165) is 0 Å². The van der Waals surface area contributed by atoms with Gasteiger partial charge in [-0.2, -0.15) is 0 Å². The van der Waals surface area contributed by atoms with Gasteiger partial charge in [-0.15, -0.1) is 0 Å². The van der Waals surface area contributed by atoms with Gasteiger partial charge in [0.2, 0.25) is 0 Å². The Bertz CT molecular complexity index is 649. The average Bonchev–Trinajstić information content (AvgIpc) is 2.38. The van der Waals surface area contributed by atoms with Crippen molar-refractivity contribution < 1.29 is 14.3 Å². The largest absolute Gasteiger partial charge is 0.478 e. The van der Waals surface area contributed by atoms with Gasteiger partial charge in [-0.25, -0.2) is 14.2 Å². The standard InChI is InChI=1S/C14H12ClFN2O2/c1-8(10-4-2-3-5-11(10)16)17-13-7-9(14(19)20)6-12(15)18-13/h2-8H,1H3,(H,17,18)(H,19,20). The fourth-order valence-corrected chi connectivity index (χ4v) is 2.03. The zero-order valence-electron chi connectivity index (χ0n) is 10.6. The van der Waals surface area contributed by atoms with Gasteiger partial charge in [-0.1, -0.05) is 29.8 Å². The first-order valence-corrected chi connectivity index (χ1v) is 6.27. The molecule has 20 heavy (non-hydrogen) atoms. The van der Waals surface area contributed by atoms with E-state index < -0.39 is 5.97 Å². The van der Waals surface area contributed by atoms with Crippen molar-refractivity contribution in [3.05, 3.63) is 58.5 Å². The van der Waals surface area contributed by atoms with Crippen molar-refractivity contribution in [2.24, 2.45) is 0 Å². The van der Waals surface area contributed by atoms with E-state index in [4.69, 9.17) is 16.7 Å². The number of aromatic carboxylic acids is 1. The van der Waals surface area contributed by atoms with Crippen LogP contribution in [0.4, 0.5) is 10.2 Å². The summed E-state index contributed by atoms with van der Waals surface area (Å²) < 4.78 is 13.6. The number of hydrogen-bond acceptors (Lipinski definition) is 3. The SMILES string of the molecule is CC(Nc1cc(C(=O)O)cc(Cl)n1)c1ccccc1F. The molecule has 1 heterocycles. The van der Waals surface area contributed by atoms with Crippen molar-refractivity contribution in [1.29, 1.82) is 0 Å². The van der Waals surface area contributed by atoms with E-state index in [1.54, 1.807) is 25.1 Å². The molecule has 0 amide bonds. The normalized spacial score (nSPS) is 11.9. The molecule has 1 unspecified atom stereocenters. The predicted octanol–water partition coefficient (Wildman–Crippen LogP) is 3.75. The molecule has 0 aliphatic rings. The Labute approximate surface area is 120 Å². The van der Waals surface area contributed by atoms with E-state index in [9.17, 15) is 9.18 Å². The highest BCUT2D eigenvalue weighted by atomic mass is 35.5. The van der Waals surface area contributed by atoms with Gasteiger partial charge >= 0.3 is 5.97 Å². The van der Waals surface area contributed by atoms with E-state index in [0.29, 0.717) is 5.56 Å². The van der Waals surface area contributed by atoms with Crippen LogP contribution in [0.3, 0.4) is 0 Å². The van der Waals surface area contributed by atoms with Crippen LogP contribution < -0.4 is 5.32 Å². The molecule has 0 saturated carbocycles. The monoisotopic (exact) mass is 294 g/mol. The third kappa shape index (κ3) is 3.24. The number of carbonyl (C=O) groups is 1. The molecule has 2 aromatic rings. The van der Waals surface area contributed by atoms with E-state index in [1.165, 1.54) is 18.2 Å². The number of nitrogens with one attached hydrogen (secondary N) is 1. The second-order valence-electron chi connectivity index (χ2n) is 4.26. The van der Waals surface area contributed by atoms with Crippen LogP contribution in [0.5, 0.6) is 0 Å². The highest BCUT2D eigenvalue weighted by Crippen LogP contribution is 2.22. The highest BCUT2D eigenvalue weighted by Gasteiger charge is 2.13. The first-order valence-electron chi connectivity index (χ1n) is 5.89. The molecular weight excluding hydrogens is 283 g/mol. The van der Waals surface area contributed by atoms with Crippen molar-refractivity contribution in [2.45, 2.75) is 13.0 Å². The van der Waals surface area contributed by atoms with Crippen LogP contribution in [0.1, 0.15) is 28.9 Å². The lowest BCUT2D eigenvalue weighted by atomic mass is 10.1. The molecule has 0 aliphatic carbocycles. The fourth-order valence-electron chi connectivity index (χ4n) is 1.82. The van der Waals surface area contributed by atoms with Crippen molar-refractivity contribution in [3.8, 4) is 0 Å². The molecule has 0 saturated heterocycles. The van der Waals surface area contributed by atoms with Crippen LogP contribution in [0, 0.1) is 5.82 Å². The number of rotatable bonds is 4. The molecule has 0 radical (unpaired) electrons. The van der Waals surface area contributed by atoms with Crippen LogP contribution in [0.25, 0.3) is 0 Å². The number of carboxylic acids is 1. The number of aromatic nitrogens is 1. The molecule has 1 atom stereocenters. The number of carboxylic acid groups (broad SMARTS) is 1. The lowest BCUT2D eigenvalue weighted by molar-refractivity contribution is 0.0697. The Morgan fingerprint density at radius 3 is 2.75 bits per heavy atom. The molecule has 6 heteroatoms. The lowest BCUT2D eigenvalue weighted by Gasteiger charge is -2.16. The molecule has 0 spiro atoms. The Balaban J connectivity index is 2.26. The average molecular weight is 295 g/mol. The summed E-state index contributed by atoms with van der Waals surface area (Å²) in [6, 6.07) is 8.57. The molecule has 2 rings (SSSR count). The van der Waals surface area contributed by atoms with Crippen LogP contribution >= 0.6 is 11.6 Å².